The van der Waals surface area contributed by atoms with E-state index in [4.69, 9.17) is 4.98 Å². The molecule has 0 spiro atoms. The van der Waals surface area contributed by atoms with Gasteiger partial charge in [-0.05, 0) is 24.1 Å². The third kappa shape index (κ3) is 3.77. The molecule has 0 atom stereocenters. The van der Waals surface area contributed by atoms with Crippen molar-refractivity contribution in [3.05, 3.63) is 102 Å². The predicted octanol–water partition coefficient (Wildman–Crippen LogP) is 2.92. The van der Waals surface area contributed by atoms with Gasteiger partial charge in [-0.2, -0.15) is 0 Å². The highest BCUT2D eigenvalue weighted by atomic mass is 32.2. The molecule has 0 aliphatic carbocycles. The Hall–Kier alpha value is -3.85. The number of hydrogen-bond acceptors (Lipinski definition) is 5. The van der Waals surface area contributed by atoms with Gasteiger partial charge in [0.1, 0.15) is 0 Å². The van der Waals surface area contributed by atoms with Gasteiger partial charge < -0.3 is 9.55 Å². The van der Waals surface area contributed by atoms with Crippen molar-refractivity contribution in [2.24, 2.45) is 14.1 Å². The summed E-state index contributed by atoms with van der Waals surface area (Å²) >= 11 is 1.44. The molecule has 0 unspecified atom stereocenters. The highest BCUT2D eigenvalue weighted by Gasteiger charge is 2.20. The Morgan fingerprint density at radius 1 is 0.971 bits per heavy atom. The van der Waals surface area contributed by atoms with Gasteiger partial charge in [0.2, 0.25) is 5.56 Å². The summed E-state index contributed by atoms with van der Waals surface area (Å²) in [6.07, 6.45) is 0. The lowest BCUT2D eigenvalue weighted by Gasteiger charge is -2.11. The van der Waals surface area contributed by atoms with Gasteiger partial charge in [0.25, 0.3) is 5.56 Å². The second-order valence-electron chi connectivity index (χ2n) is 8.34. The zero-order valence-corrected chi connectivity index (χ0v) is 19.8. The van der Waals surface area contributed by atoms with Gasteiger partial charge in [0.05, 0.1) is 6.54 Å². The van der Waals surface area contributed by atoms with E-state index in [0.29, 0.717) is 28.6 Å². The van der Waals surface area contributed by atoms with Gasteiger partial charge in [-0.3, -0.25) is 18.7 Å². The number of nitrogens with one attached hydrogen (secondary N) is 1. The van der Waals surface area contributed by atoms with Crippen LogP contribution in [0.2, 0.25) is 0 Å². The molecule has 9 heteroatoms. The second kappa shape index (κ2) is 8.49. The number of nitrogens with zero attached hydrogens (tertiary/aromatic N) is 4. The van der Waals surface area contributed by atoms with E-state index in [2.05, 4.69) is 4.98 Å². The van der Waals surface area contributed by atoms with E-state index in [0.717, 1.165) is 32.2 Å². The summed E-state index contributed by atoms with van der Waals surface area (Å²) in [6, 6.07) is 17.3. The number of aromatic amines is 1. The normalized spacial score (nSPS) is 11.5. The van der Waals surface area contributed by atoms with Crippen molar-refractivity contribution in [2.75, 3.05) is 0 Å². The van der Waals surface area contributed by atoms with Gasteiger partial charge in [0, 0.05) is 36.8 Å². The van der Waals surface area contributed by atoms with Crippen LogP contribution in [0, 0.1) is 6.92 Å². The van der Waals surface area contributed by atoms with E-state index >= 15 is 0 Å². The first-order valence-corrected chi connectivity index (χ1v) is 11.8. The zero-order valence-electron chi connectivity index (χ0n) is 19.0. The molecule has 8 nitrogen and oxygen atoms in total. The summed E-state index contributed by atoms with van der Waals surface area (Å²) in [5, 5.41) is 1.57. The third-order valence-electron chi connectivity index (χ3n) is 5.97. The topological polar surface area (TPSA) is 94.7 Å². The first-order valence-electron chi connectivity index (χ1n) is 10.8. The number of thioether (sulfide) groups is 1. The van der Waals surface area contributed by atoms with E-state index in [9.17, 15) is 14.4 Å². The second-order valence-corrected chi connectivity index (χ2v) is 9.28. The Morgan fingerprint density at radius 3 is 2.47 bits per heavy atom. The number of imidazole rings is 1. The van der Waals surface area contributed by atoms with Crippen molar-refractivity contribution in [3.63, 3.8) is 0 Å². The number of para-hydroxylation sites is 1. The van der Waals surface area contributed by atoms with E-state index in [1.54, 1.807) is 13.1 Å². The summed E-state index contributed by atoms with van der Waals surface area (Å²) in [5.41, 5.74) is 3.56. The molecule has 0 radical (unpaired) electrons. The molecule has 5 aromatic rings. The molecule has 0 fully saturated rings. The Labute approximate surface area is 198 Å². The average Bonchev–Trinajstić information content (AvgIpc) is 3.19. The number of fused-ring (bicyclic) bond motifs is 2. The maximum absolute atomic E-state index is 13.1. The molecule has 0 bridgehead atoms. The molecular weight excluding hydrogens is 450 g/mol. The molecule has 0 aliphatic rings. The molecule has 172 valence electrons. The van der Waals surface area contributed by atoms with Crippen molar-refractivity contribution in [1.29, 1.82) is 0 Å². The minimum Gasteiger partial charge on any atom is -0.322 e. The quantitative estimate of drug-likeness (QED) is 0.396. The largest absolute Gasteiger partial charge is 0.332 e. The Bertz CT molecular complexity index is 1730. The Morgan fingerprint density at radius 2 is 1.71 bits per heavy atom. The van der Waals surface area contributed by atoms with Crippen LogP contribution >= 0.6 is 11.8 Å². The number of H-pyrrole nitrogens is 1. The third-order valence-corrected chi connectivity index (χ3v) is 6.99. The Kier molecular flexibility index (Phi) is 5.49. The van der Waals surface area contributed by atoms with Crippen LogP contribution in [0.15, 0.2) is 74.1 Å². The highest BCUT2D eigenvalue weighted by Crippen LogP contribution is 2.28. The lowest BCUT2D eigenvalue weighted by Crippen LogP contribution is -2.37. The van der Waals surface area contributed by atoms with E-state index in [1.807, 2.05) is 60.0 Å². The molecule has 2 aromatic carbocycles. The van der Waals surface area contributed by atoms with E-state index < -0.39 is 5.69 Å². The maximum Gasteiger partial charge on any atom is 0.332 e. The van der Waals surface area contributed by atoms with Crippen LogP contribution in [0.25, 0.3) is 22.1 Å². The average molecular weight is 474 g/mol. The van der Waals surface area contributed by atoms with Gasteiger partial charge in [-0.1, -0.05) is 59.8 Å². The molecule has 0 aliphatic heterocycles. The first-order chi connectivity index (χ1) is 16.3. The molecule has 0 saturated heterocycles. The van der Waals surface area contributed by atoms with E-state index in [1.165, 1.54) is 23.4 Å². The van der Waals surface area contributed by atoms with Crippen molar-refractivity contribution in [2.45, 2.75) is 24.4 Å². The molecule has 3 heterocycles. The number of aryl methyl sites for hydroxylation is 2. The summed E-state index contributed by atoms with van der Waals surface area (Å²) in [6.45, 7) is 2.46. The number of hydrogen-bond donors (Lipinski definition) is 1. The molecule has 34 heavy (non-hydrogen) atoms. The van der Waals surface area contributed by atoms with Crippen molar-refractivity contribution < 1.29 is 0 Å². The summed E-state index contributed by atoms with van der Waals surface area (Å²) in [7, 11) is 3.09. The minimum atomic E-state index is -0.422. The van der Waals surface area contributed by atoms with Crippen molar-refractivity contribution >= 4 is 33.8 Å². The number of rotatable bonds is 5. The molecule has 5 rings (SSSR count). The van der Waals surface area contributed by atoms with Gasteiger partial charge in [0.15, 0.2) is 16.3 Å². The van der Waals surface area contributed by atoms with Gasteiger partial charge >= 0.3 is 5.69 Å². The number of pyridine rings is 1. The lowest BCUT2D eigenvalue weighted by molar-refractivity contribution is 0.696. The molecule has 3 aromatic heterocycles. The summed E-state index contributed by atoms with van der Waals surface area (Å²) in [4.78, 5) is 45.4. The monoisotopic (exact) mass is 473 g/mol. The van der Waals surface area contributed by atoms with Crippen LogP contribution in [0.5, 0.6) is 0 Å². The van der Waals surface area contributed by atoms with Crippen molar-refractivity contribution in [3.8, 4) is 0 Å². The van der Waals surface area contributed by atoms with Crippen LogP contribution in [0.4, 0.5) is 0 Å². The van der Waals surface area contributed by atoms with E-state index in [-0.39, 0.29) is 11.1 Å². The van der Waals surface area contributed by atoms with Crippen LogP contribution < -0.4 is 16.8 Å². The zero-order chi connectivity index (χ0) is 24.0. The van der Waals surface area contributed by atoms with Crippen LogP contribution in [0.1, 0.15) is 16.7 Å². The van der Waals surface area contributed by atoms with Crippen LogP contribution in [-0.2, 0) is 26.4 Å². The van der Waals surface area contributed by atoms with Gasteiger partial charge in [-0.15, -0.1) is 0 Å². The first kappa shape index (κ1) is 22.0. The fourth-order valence-electron chi connectivity index (χ4n) is 4.10. The summed E-state index contributed by atoms with van der Waals surface area (Å²) in [5.74, 6) is 0.482. The number of aromatic nitrogens is 5. The van der Waals surface area contributed by atoms with Crippen molar-refractivity contribution in [1.82, 2.24) is 23.7 Å². The lowest BCUT2D eigenvalue weighted by atomic mass is 10.1. The fraction of sp³-hybridized carbons (Fsp3) is 0.200. The smallest absolute Gasteiger partial charge is 0.322 e. The minimum absolute atomic E-state index is 0.168. The maximum atomic E-state index is 13.1. The van der Waals surface area contributed by atoms with Gasteiger partial charge in [-0.25, -0.2) is 9.78 Å². The highest BCUT2D eigenvalue weighted by molar-refractivity contribution is 7.98. The standard InChI is InChI=1S/C25H23N5O3S/c1-15-8-10-16(11-9-15)13-30-21-22(28(2)25(33)29(3)23(21)32)27-24(30)34-14-17-12-20(31)26-19-7-5-4-6-18(17)19/h4-12H,13-14H2,1-3H3,(H,26,31). The van der Waals surface area contributed by atoms with Crippen LogP contribution in [0.3, 0.4) is 0 Å². The predicted molar refractivity (Wildman–Crippen MR) is 135 cm³/mol. The van der Waals surface area contributed by atoms with Crippen LogP contribution in [-0.4, -0.2) is 23.7 Å². The molecular formula is C25H23N5O3S. The fourth-order valence-corrected chi connectivity index (χ4v) is 5.08. The molecule has 0 saturated carbocycles. The summed E-state index contributed by atoms with van der Waals surface area (Å²) < 4.78 is 4.37. The molecule has 0 amide bonds. The Balaban J connectivity index is 1.64. The number of benzene rings is 2. The molecule has 1 N–H and O–H groups in total. The SMILES string of the molecule is Cc1ccc(Cn2c(SCc3cc(=O)[nH]c4ccccc34)nc3c2c(=O)n(C)c(=O)n3C)cc1.